The number of sulfone groups is 1. The Labute approximate surface area is 96.2 Å². The molecule has 5 nitrogen and oxygen atoms in total. The van der Waals surface area contributed by atoms with Crippen LogP contribution in [0.4, 0.5) is 13.2 Å². The van der Waals surface area contributed by atoms with Gasteiger partial charge in [-0.2, -0.15) is 13.2 Å². The Morgan fingerprint density at radius 2 is 2.06 bits per heavy atom. The molecular formula is C8H12F3NO4S. The van der Waals surface area contributed by atoms with Gasteiger partial charge in [0.15, 0.2) is 16.4 Å². The summed E-state index contributed by atoms with van der Waals surface area (Å²) >= 11 is 0. The van der Waals surface area contributed by atoms with Gasteiger partial charge in [0.1, 0.15) is 0 Å². The number of ether oxygens (including phenoxy) is 1. The third-order valence-corrected chi connectivity index (χ3v) is 3.93. The Morgan fingerprint density at radius 3 is 2.53 bits per heavy atom. The molecule has 0 saturated carbocycles. The van der Waals surface area contributed by atoms with Crippen molar-refractivity contribution in [2.45, 2.75) is 18.6 Å². The molecule has 17 heavy (non-hydrogen) atoms. The molecule has 100 valence electrons. The molecule has 0 aromatic rings. The molecule has 0 aliphatic carbocycles. The smallest absolute Gasteiger partial charge is 0.422 e. The van der Waals surface area contributed by atoms with Gasteiger partial charge in [-0.1, -0.05) is 0 Å². The van der Waals surface area contributed by atoms with Gasteiger partial charge in [-0.15, -0.1) is 0 Å². The maximum atomic E-state index is 11.7. The summed E-state index contributed by atoms with van der Waals surface area (Å²) in [5.74, 6) is -1.12. The fourth-order valence-corrected chi connectivity index (χ4v) is 3.10. The molecule has 9 heteroatoms. The Hall–Kier alpha value is -0.830. The van der Waals surface area contributed by atoms with E-state index in [2.05, 4.69) is 10.1 Å². The van der Waals surface area contributed by atoms with E-state index in [1.54, 1.807) is 0 Å². The minimum atomic E-state index is -4.55. The van der Waals surface area contributed by atoms with Gasteiger partial charge in [-0.05, 0) is 6.42 Å². The first kappa shape index (κ1) is 14.2. The van der Waals surface area contributed by atoms with E-state index in [0.29, 0.717) is 6.42 Å². The third-order valence-electron chi connectivity index (χ3n) is 2.16. The minimum Gasteiger partial charge on any atom is -0.455 e. The number of esters is 1. The SMILES string of the molecule is O=C(CN[C@H]1CCS(=O)(=O)C1)OCC(F)(F)F. The largest absolute Gasteiger partial charge is 0.455 e. The highest BCUT2D eigenvalue weighted by molar-refractivity contribution is 7.91. The Kier molecular flexibility index (Phi) is 4.36. The average Bonchev–Trinajstić information content (AvgIpc) is 2.51. The molecule has 1 saturated heterocycles. The molecule has 0 radical (unpaired) electrons. The molecule has 1 aliphatic heterocycles. The van der Waals surface area contributed by atoms with E-state index in [9.17, 15) is 26.4 Å². The number of carbonyl (C=O) groups excluding carboxylic acids is 1. The predicted octanol–water partition coefficient (Wildman–Crippen LogP) is -0.131. The van der Waals surface area contributed by atoms with Gasteiger partial charge in [0.05, 0.1) is 18.1 Å². The highest BCUT2D eigenvalue weighted by atomic mass is 32.2. The number of rotatable bonds is 4. The maximum Gasteiger partial charge on any atom is 0.422 e. The number of hydrogen-bond donors (Lipinski definition) is 1. The number of halogens is 3. The van der Waals surface area contributed by atoms with Gasteiger partial charge in [0, 0.05) is 6.04 Å². The second-order valence-corrected chi connectivity index (χ2v) is 5.99. The summed E-state index contributed by atoms with van der Waals surface area (Å²) in [7, 11) is -3.07. The molecule has 1 atom stereocenters. The summed E-state index contributed by atoms with van der Waals surface area (Å²) in [6, 6.07) is -0.390. The summed E-state index contributed by atoms with van der Waals surface area (Å²) in [4.78, 5) is 10.9. The van der Waals surface area contributed by atoms with Crippen molar-refractivity contribution in [1.82, 2.24) is 5.32 Å². The highest BCUT2D eigenvalue weighted by Gasteiger charge is 2.30. The number of carbonyl (C=O) groups is 1. The summed E-state index contributed by atoms with van der Waals surface area (Å²) in [6.45, 7) is -2.05. The van der Waals surface area contributed by atoms with E-state index >= 15 is 0 Å². The van der Waals surface area contributed by atoms with Crippen LogP contribution in [0.5, 0.6) is 0 Å². The van der Waals surface area contributed by atoms with Crippen molar-refractivity contribution in [3.05, 3.63) is 0 Å². The van der Waals surface area contributed by atoms with Crippen LogP contribution in [-0.2, 0) is 19.4 Å². The van der Waals surface area contributed by atoms with Crippen LogP contribution in [0.1, 0.15) is 6.42 Å². The fraction of sp³-hybridized carbons (Fsp3) is 0.875. The van der Waals surface area contributed by atoms with E-state index in [1.165, 1.54) is 0 Å². The average molecular weight is 275 g/mol. The van der Waals surface area contributed by atoms with Crippen LogP contribution in [0, 0.1) is 0 Å². The lowest BCUT2D eigenvalue weighted by molar-refractivity contribution is -0.185. The molecule has 0 unspecified atom stereocenters. The van der Waals surface area contributed by atoms with Crippen LogP contribution in [0.2, 0.25) is 0 Å². The Bertz CT molecular complexity index is 379. The van der Waals surface area contributed by atoms with Crippen LogP contribution >= 0.6 is 0 Å². The standard InChI is InChI=1S/C8H12F3NO4S/c9-8(10,11)5-16-7(13)3-12-6-1-2-17(14,15)4-6/h6,12H,1-5H2/t6-/m0/s1. The van der Waals surface area contributed by atoms with Crippen molar-refractivity contribution < 1.29 is 31.1 Å². The lowest BCUT2D eigenvalue weighted by Crippen LogP contribution is -2.36. The number of hydrogen-bond acceptors (Lipinski definition) is 5. The maximum absolute atomic E-state index is 11.7. The number of nitrogens with one attached hydrogen (secondary N) is 1. The monoisotopic (exact) mass is 275 g/mol. The molecule has 0 aromatic carbocycles. The summed E-state index contributed by atoms with van der Waals surface area (Å²) in [5, 5.41) is 2.55. The van der Waals surface area contributed by atoms with Crippen molar-refractivity contribution in [3.8, 4) is 0 Å². The first-order valence-corrected chi connectivity index (χ1v) is 6.66. The normalized spacial score (nSPS) is 23.6. The zero-order chi connectivity index (χ0) is 13.1. The Balaban J connectivity index is 2.21. The topological polar surface area (TPSA) is 72.5 Å². The second-order valence-electron chi connectivity index (χ2n) is 3.76. The molecule has 1 fully saturated rings. The zero-order valence-corrected chi connectivity index (χ0v) is 9.60. The van der Waals surface area contributed by atoms with E-state index in [1.807, 2.05) is 0 Å². The van der Waals surface area contributed by atoms with Gasteiger partial charge in [0.2, 0.25) is 0 Å². The molecule has 1 heterocycles. The summed E-state index contributed by atoms with van der Waals surface area (Å²) < 4.78 is 61.1. The number of alkyl halides is 3. The van der Waals surface area contributed by atoms with E-state index in [4.69, 9.17) is 0 Å². The molecule has 1 aliphatic rings. The van der Waals surface area contributed by atoms with Crippen LogP contribution in [-0.4, -0.2) is 51.3 Å². The molecular weight excluding hydrogens is 263 g/mol. The first-order chi connectivity index (χ1) is 7.68. The van der Waals surface area contributed by atoms with Crippen LogP contribution in [0.15, 0.2) is 0 Å². The van der Waals surface area contributed by atoms with Gasteiger partial charge in [0.25, 0.3) is 0 Å². The van der Waals surface area contributed by atoms with Crippen molar-refractivity contribution in [2.75, 3.05) is 24.7 Å². The molecule has 0 bridgehead atoms. The van der Waals surface area contributed by atoms with Gasteiger partial charge in [-0.25, -0.2) is 8.42 Å². The minimum absolute atomic E-state index is 0.0300. The molecule has 1 N–H and O–H groups in total. The third kappa shape index (κ3) is 5.87. The zero-order valence-electron chi connectivity index (χ0n) is 8.79. The predicted molar refractivity (Wildman–Crippen MR) is 52.1 cm³/mol. The molecule has 0 aromatic heterocycles. The molecule has 1 rings (SSSR count). The highest BCUT2D eigenvalue weighted by Crippen LogP contribution is 2.14. The van der Waals surface area contributed by atoms with Crippen LogP contribution in [0.25, 0.3) is 0 Å². The first-order valence-electron chi connectivity index (χ1n) is 4.84. The van der Waals surface area contributed by atoms with Crippen molar-refractivity contribution >= 4 is 15.8 Å². The summed E-state index contributed by atoms with van der Waals surface area (Å²) in [5.41, 5.74) is 0. The molecule has 0 amide bonds. The molecule has 0 spiro atoms. The van der Waals surface area contributed by atoms with E-state index in [-0.39, 0.29) is 11.5 Å². The summed E-state index contributed by atoms with van der Waals surface area (Å²) in [6.07, 6.45) is -4.19. The van der Waals surface area contributed by atoms with Crippen molar-refractivity contribution in [3.63, 3.8) is 0 Å². The van der Waals surface area contributed by atoms with Crippen molar-refractivity contribution in [2.24, 2.45) is 0 Å². The van der Waals surface area contributed by atoms with Gasteiger partial charge < -0.3 is 10.1 Å². The van der Waals surface area contributed by atoms with E-state index in [0.717, 1.165) is 0 Å². The lowest BCUT2D eigenvalue weighted by Gasteiger charge is -2.11. The van der Waals surface area contributed by atoms with E-state index < -0.39 is 41.2 Å². The van der Waals surface area contributed by atoms with Crippen LogP contribution in [0.3, 0.4) is 0 Å². The fourth-order valence-electron chi connectivity index (χ4n) is 1.40. The second kappa shape index (κ2) is 5.21. The van der Waals surface area contributed by atoms with Crippen molar-refractivity contribution in [1.29, 1.82) is 0 Å². The van der Waals surface area contributed by atoms with Gasteiger partial charge in [-0.3, -0.25) is 4.79 Å². The Morgan fingerprint density at radius 1 is 1.41 bits per heavy atom. The quantitative estimate of drug-likeness (QED) is 0.723. The van der Waals surface area contributed by atoms with Gasteiger partial charge >= 0.3 is 12.1 Å². The van der Waals surface area contributed by atoms with Crippen LogP contribution < -0.4 is 5.32 Å². The lowest BCUT2D eigenvalue weighted by atomic mass is 10.3.